The predicted molar refractivity (Wildman–Crippen MR) is 59.2 cm³/mol. The maximum atomic E-state index is 5.58. The van der Waals surface area contributed by atoms with Gasteiger partial charge >= 0.3 is 0 Å². The molecule has 1 fully saturated rings. The fourth-order valence-corrected chi connectivity index (χ4v) is 2.67. The Morgan fingerprint density at radius 3 is 2.93 bits per heavy atom. The van der Waals surface area contributed by atoms with E-state index < -0.39 is 0 Å². The molecule has 2 N–H and O–H groups in total. The van der Waals surface area contributed by atoms with E-state index in [1.165, 1.54) is 30.2 Å². The van der Waals surface area contributed by atoms with Gasteiger partial charge in [0.1, 0.15) is 5.76 Å². The third kappa shape index (κ3) is 2.32. The first kappa shape index (κ1) is 10.1. The number of nitrogens with zero attached hydrogens (tertiary/aromatic N) is 1. The molecule has 3 nitrogen and oxygen atoms in total. The van der Waals surface area contributed by atoms with Gasteiger partial charge in [0, 0.05) is 36.7 Å². The molecule has 0 aliphatic carbocycles. The van der Waals surface area contributed by atoms with Crippen LogP contribution in [0.5, 0.6) is 0 Å². The monoisotopic (exact) mass is 212 g/mol. The minimum atomic E-state index is 0.505. The Bertz CT molecular complexity index is 281. The Labute approximate surface area is 88.6 Å². The van der Waals surface area contributed by atoms with Crippen LogP contribution < -0.4 is 5.73 Å². The van der Waals surface area contributed by atoms with Gasteiger partial charge in [0.15, 0.2) is 0 Å². The number of rotatable bonds is 3. The van der Waals surface area contributed by atoms with Gasteiger partial charge < -0.3 is 10.2 Å². The Morgan fingerprint density at radius 1 is 1.43 bits per heavy atom. The topological polar surface area (TPSA) is 42.4 Å². The largest absolute Gasteiger partial charge is 0.468 e. The Kier molecular flexibility index (Phi) is 3.50. The first-order valence-electron chi connectivity index (χ1n) is 4.95. The van der Waals surface area contributed by atoms with Crippen molar-refractivity contribution < 1.29 is 4.42 Å². The SMILES string of the molecule is NCc1occc1CN1CCSCC1. The third-order valence-corrected chi connectivity index (χ3v) is 3.46. The van der Waals surface area contributed by atoms with Gasteiger partial charge in [-0.25, -0.2) is 0 Å². The minimum Gasteiger partial charge on any atom is -0.468 e. The summed E-state index contributed by atoms with van der Waals surface area (Å²) in [6.07, 6.45) is 1.73. The molecule has 0 spiro atoms. The molecule has 0 unspecified atom stereocenters. The lowest BCUT2D eigenvalue weighted by molar-refractivity contribution is 0.292. The highest BCUT2D eigenvalue weighted by atomic mass is 32.2. The molecule has 1 aromatic heterocycles. The number of hydrogen-bond donors (Lipinski definition) is 1. The molecule has 78 valence electrons. The summed E-state index contributed by atoms with van der Waals surface area (Å²) in [5, 5.41) is 0. The summed E-state index contributed by atoms with van der Waals surface area (Å²) in [7, 11) is 0. The van der Waals surface area contributed by atoms with Gasteiger partial charge in [0.25, 0.3) is 0 Å². The van der Waals surface area contributed by atoms with Crippen LogP contribution in [-0.2, 0) is 13.1 Å². The maximum Gasteiger partial charge on any atom is 0.121 e. The molecule has 4 heteroatoms. The van der Waals surface area contributed by atoms with Crippen molar-refractivity contribution in [3.05, 3.63) is 23.7 Å². The molecular weight excluding hydrogens is 196 g/mol. The normalized spacial score (nSPS) is 18.6. The molecule has 1 saturated heterocycles. The summed E-state index contributed by atoms with van der Waals surface area (Å²) in [6.45, 7) is 3.86. The molecule has 1 aromatic rings. The molecule has 14 heavy (non-hydrogen) atoms. The van der Waals surface area contributed by atoms with Crippen molar-refractivity contribution in [2.75, 3.05) is 24.6 Å². The number of furan rings is 1. The lowest BCUT2D eigenvalue weighted by Crippen LogP contribution is -2.32. The Hall–Kier alpha value is -0.450. The van der Waals surface area contributed by atoms with Crippen LogP contribution in [0.1, 0.15) is 11.3 Å². The van der Waals surface area contributed by atoms with Crippen molar-refractivity contribution in [2.45, 2.75) is 13.1 Å². The van der Waals surface area contributed by atoms with Crippen molar-refractivity contribution >= 4 is 11.8 Å². The van der Waals surface area contributed by atoms with Crippen molar-refractivity contribution in [3.63, 3.8) is 0 Å². The van der Waals surface area contributed by atoms with E-state index in [2.05, 4.69) is 4.90 Å². The first-order chi connectivity index (χ1) is 6.90. The van der Waals surface area contributed by atoms with E-state index in [1.54, 1.807) is 6.26 Å². The zero-order valence-corrected chi connectivity index (χ0v) is 9.05. The fourth-order valence-electron chi connectivity index (χ4n) is 1.69. The average Bonchev–Trinajstić information content (AvgIpc) is 2.67. The second kappa shape index (κ2) is 4.87. The molecule has 1 aliphatic heterocycles. The molecule has 2 rings (SSSR count). The van der Waals surface area contributed by atoms with E-state index in [1.807, 2.05) is 17.8 Å². The lowest BCUT2D eigenvalue weighted by Gasteiger charge is -2.25. The van der Waals surface area contributed by atoms with E-state index in [4.69, 9.17) is 10.2 Å². The standard InChI is InChI=1S/C10H16N2OS/c11-7-10-9(1-4-13-10)8-12-2-5-14-6-3-12/h1,4H,2-3,5-8,11H2. The first-order valence-corrected chi connectivity index (χ1v) is 6.11. The van der Waals surface area contributed by atoms with E-state index >= 15 is 0 Å². The molecule has 1 aliphatic rings. The fraction of sp³-hybridized carbons (Fsp3) is 0.600. The van der Waals surface area contributed by atoms with Gasteiger partial charge in [0.2, 0.25) is 0 Å². The summed E-state index contributed by atoms with van der Waals surface area (Å²) >= 11 is 2.03. The average molecular weight is 212 g/mol. The van der Waals surface area contributed by atoms with E-state index in [9.17, 15) is 0 Å². The van der Waals surface area contributed by atoms with Gasteiger partial charge in [-0.2, -0.15) is 11.8 Å². The molecule has 0 amide bonds. The molecule has 0 bridgehead atoms. The van der Waals surface area contributed by atoms with Crippen LogP contribution in [0, 0.1) is 0 Å². The zero-order chi connectivity index (χ0) is 9.80. The van der Waals surface area contributed by atoms with Crippen molar-refractivity contribution in [2.24, 2.45) is 5.73 Å². The van der Waals surface area contributed by atoms with Gasteiger partial charge in [0.05, 0.1) is 12.8 Å². The van der Waals surface area contributed by atoms with Crippen molar-refractivity contribution in [3.8, 4) is 0 Å². The highest BCUT2D eigenvalue weighted by Crippen LogP contribution is 2.16. The minimum absolute atomic E-state index is 0.505. The quantitative estimate of drug-likeness (QED) is 0.820. The van der Waals surface area contributed by atoms with Crippen LogP contribution in [0.25, 0.3) is 0 Å². The Morgan fingerprint density at radius 2 is 2.21 bits per heavy atom. The molecule has 0 saturated carbocycles. The van der Waals surface area contributed by atoms with Gasteiger partial charge in [-0.1, -0.05) is 0 Å². The zero-order valence-electron chi connectivity index (χ0n) is 8.24. The predicted octanol–water partition coefficient (Wildman–Crippen LogP) is 1.29. The van der Waals surface area contributed by atoms with E-state index in [0.717, 1.165) is 12.3 Å². The maximum absolute atomic E-state index is 5.58. The van der Waals surface area contributed by atoms with E-state index in [-0.39, 0.29) is 0 Å². The van der Waals surface area contributed by atoms with Crippen molar-refractivity contribution in [1.29, 1.82) is 0 Å². The molecule has 0 radical (unpaired) electrons. The summed E-state index contributed by atoms with van der Waals surface area (Å²) in [5.41, 5.74) is 6.83. The molecule has 0 atom stereocenters. The third-order valence-electron chi connectivity index (χ3n) is 2.52. The van der Waals surface area contributed by atoms with Gasteiger partial charge in [-0.3, -0.25) is 4.90 Å². The number of hydrogen-bond acceptors (Lipinski definition) is 4. The number of nitrogens with two attached hydrogens (primary N) is 1. The molecule has 2 heterocycles. The van der Waals surface area contributed by atoms with Crippen LogP contribution in [0.2, 0.25) is 0 Å². The van der Waals surface area contributed by atoms with Crippen LogP contribution in [0.3, 0.4) is 0 Å². The summed E-state index contributed by atoms with van der Waals surface area (Å²) in [6, 6.07) is 2.03. The smallest absolute Gasteiger partial charge is 0.121 e. The highest BCUT2D eigenvalue weighted by Gasteiger charge is 2.13. The van der Waals surface area contributed by atoms with Crippen LogP contribution in [-0.4, -0.2) is 29.5 Å². The summed E-state index contributed by atoms with van der Waals surface area (Å²) in [4.78, 5) is 2.46. The molecular formula is C10H16N2OS. The van der Waals surface area contributed by atoms with Crippen LogP contribution in [0.4, 0.5) is 0 Å². The van der Waals surface area contributed by atoms with Crippen molar-refractivity contribution in [1.82, 2.24) is 4.90 Å². The van der Waals surface area contributed by atoms with E-state index in [0.29, 0.717) is 6.54 Å². The van der Waals surface area contributed by atoms with Gasteiger partial charge in [-0.05, 0) is 6.07 Å². The lowest BCUT2D eigenvalue weighted by atomic mass is 10.2. The summed E-state index contributed by atoms with van der Waals surface area (Å²) in [5.74, 6) is 3.43. The summed E-state index contributed by atoms with van der Waals surface area (Å²) < 4.78 is 5.30. The number of thioether (sulfide) groups is 1. The van der Waals surface area contributed by atoms with Crippen LogP contribution in [0.15, 0.2) is 16.7 Å². The van der Waals surface area contributed by atoms with Crippen LogP contribution >= 0.6 is 11.8 Å². The highest BCUT2D eigenvalue weighted by molar-refractivity contribution is 7.99. The Balaban J connectivity index is 1.95. The second-order valence-corrected chi connectivity index (χ2v) is 4.69. The van der Waals surface area contributed by atoms with Gasteiger partial charge in [-0.15, -0.1) is 0 Å². The molecule has 0 aromatic carbocycles. The second-order valence-electron chi connectivity index (χ2n) is 3.46.